The topological polar surface area (TPSA) is 86.2 Å². The summed E-state index contributed by atoms with van der Waals surface area (Å²) in [6, 6.07) is 4.15. The summed E-state index contributed by atoms with van der Waals surface area (Å²) < 4.78 is 0. The number of nitrogens with zero attached hydrogens (tertiary/aromatic N) is 1. The second-order valence-electron chi connectivity index (χ2n) is 3.57. The van der Waals surface area contributed by atoms with Crippen molar-refractivity contribution in [3.8, 4) is 0 Å². The second-order valence-corrected chi connectivity index (χ2v) is 3.57. The van der Waals surface area contributed by atoms with Gasteiger partial charge in [0.05, 0.1) is 4.92 Å². The number of carbonyl (C=O) groups is 1. The molecule has 1 aromatic carbocycles. The Morgan fingerprint density at radius 2 is 2.19 bits per heavy atom. The molecule has 16 heavy (non-hydrogen) atoms. The second kappa shape index (κ2) is 5.25. The van der Waals surface area contributed by atoms with Crippen molar-refractivity contribution in [2.24, 2.45) is 5.73 Å². The molecule has 2 N–H and O–H groups in total. The molecule has 5 heteroatoms. The van der Waals surface area contributed by atoms with Crippen molar-refractivity contribution < 1.29 is 9.72 Å². The Labute approximate surface area is 93.4 Å². The van der Waals surface area contributed by atoms with E-state index < -0.39 is 10.8 Å². The number of hydrogen-bond acceptors (Lipinski definition) is 3. The largest absolute Gasteiger partial charge is 0.366 e. The van der Waals surface area contributed by atoms with E-state index in [1.54, 1.807) is 0 Å². The summed E-state index contributed by atoms with van der Waals surface area (Å²) in [6.07, 6.45) is 2.47. The number of rotatable bonds is 5. The van der Waals surface area contributed by atoms with Crippen LogP contribution in [0.2, 0.25) is 0 Å². The number of primary amides is 1. The molecule has 0 atom stereocenters. The van der Waals surface area contributed by atoms with Gasteiger partial charge in [0.1, 0.15) is 0 Å². The van der Waals surface area contributed by atoms with Crippen LogP contribution in [0.4, 0.5) is 5.69 Å². The molecule has 0 aliphatic rings. The average Bonchev–Trinajstić information content (AvgIpc) is 2.25. The Balaban J connectivity index is 3.10. The standard InChI is InChI=1S/C11H14N2O3/c1-2-3-4-8-7-9(13(15)16)5-6-10(8)11(12)14/h5-7H,2-4H2,1H3,(H2,12,14). The van der Waals surface area contributed by atoms with Gasteiger partial charge in [-0.2, -0.15) is 0 Å². The van der Waals surface area contributed by atoms with Crippen molar-refractivity contribution in [2.75, 3.05) is 0 Å². The number of aryl methyl sites for hydroxylation is 1. The van der Waals surface area contributed by atoms with Crippen LogP contribution in [0.5, 0.6) is 0 Å². The number of non-ortho nitro benzene ring substituents is 1. The molecule has 86 valence electrons. The van der Waals surface area contributed by atoms with Gasteiger partial charge in [-0.15, -0.1) is 0 Å². The third-order valence-electron chi connectivity index (χ3n) is 2.36. The van der Waals surface area contributed by atoms with Crippen LogP contribution in [0.25, 0.3) is 0 Å². The van der Waals surface area contributed by atoms with Gasteiger partial charge < -0.3 is 5.73 Å². The van der Waals surface area contributed by atoms with Crippen LogP contribution < -0.4 is 5.73 Å². The number of hydrogen-bond donors (Lipinski definition) is 1. The Morgan fingerprint density at radius 3 is 2.69 bits per heavy atom. The zero-order valence-electron chi connectivity index (χ0n) is 9.10. The Morgan fingerprint density at radius 1 is 1.50 bits per heavy atom. The number of amides is 1. The highest BCUT2D eigenvalue weighted by Crippen LogP contribution is 2.19. The predicted molar refractivity (Wildman–Crippen MR) is 60.2 cm³/mol. The fourth-order valence-electron chi connectivity index (χ4n) is 1.51. The van der Waals surface area contributed by atoms with Gasteiger partial charge in [0, 0.05) is 17.7 Å². The number of nitro groups is 1. The molecule has 0 radical (unpaired) electrons. The molecule has 1 aromatic rings. The maximum absolute atomic E-state index is 11.1. The molecule has 1 amide bonds. The lowest BCUT2D eigenvalue weighted by Crippen LogP contribution is -2.14. The first-order chi connectivity index (χ1) is 7.56. The Bertz CT molecular complexity index is 416. The zero-order valence-corrected chi connectivity index (χ0v) is 9.10. The molecule has 0 heterocycles. The molecule has 0 bridgehead atoms. The van der Waals surface area contributed by atoms with Crippen molar-refractivity contribution in [2.45, 2.75) is 26.2 Å². The van der Waals surface area contributed by atoms with E-state index in [1.807, 2.05) is 6.92 Å². The van der Waals surface area contributed by atoms with Gasteiger partial charge in [0.2, 0.25) is 5.91 Å². The van der Waals surface area contributed by atoms with Crippen LogP contribution in [0.1, 0.15) is 35.7 Å². The molecule has 0 saturated carbocycles. The predicted octanol–water partition coefficient (Wildman–Crippen LogP) is 2.04. The third-order valence-corrected chi connectivity index (χ3v) is 2.36. The van der Waals surface area contributed by atoms with Gasteiger partial charge in [-0.3, -0.25) is 14.9 Å². The number of nitro benzene ring substituents is 1. The molecule has 1 rings (SSSR count). The van der Waals surface area contributed by atoms with E-state index in [0.29, 0.717) is 17.5 Å². The summed E-state index contributed by atoms with van der Waals surface area (Å²) in [6.45, 7) is 2.02. The molecule has 0 aromatic heterocycles. The zero-order chi connectivity index (χ0) is 12.1. The third kappa shape index (κ3) is 2.79. The van der Waals surface area contributed by atoms with Crippen LogP contribution in [0.15, 0.2) is 18.2 Å². The van der Waals surface area contributed by atoms with Crippen LogP contribution in [0.3, 0.4) is 0 Å². The molecule has 0 fully saturated rings. The van der Waals surface area contributed by atoms with Gasteiger partial charge in [-0.05, 0) is 24.5 Å². The lowest BCUT2D eigenvalue weighted by atomic mass is 10.0. The minimum atomic E-state index is -0.541. The summed E-state index contributed by atoms with van der Waals surface area (Å²) in [7, 11) is 0. The molecular weight excluding hydrogens is 208 g/mol. The van der Waals surface area contributed by atoms with Crippen molar-refractivity contribution in [1.29, 1.82) is 0 Å². The monoisotopic (exact) mass is 222 g/mol. The highest BCUT2D eigenvalue weighted by atomic mass is 16.6. The lowest BCUT2D eigenvalue weighted by Gasteiger charge is -2.05. The molecule has 0 aliphatic heterocycles. The van der Waals surface area contributed by atoms with Crippen molar-refractivity contribution in [1.82, 2.24) is 0 Å². The Hall–Kier alpha value is -1.91. The normalized spacial score (nSPS) is 10.1. The average molecular weight is 222 g/mol. The Kier molecular flexibility index (Phi) is 3.99. The number of nitrogens with two attached hydrogens (primary N) is 1. The van der Waals surface area contributed by atoms with E-state index in [-0.39, 0.29) is 5.69 Å². The van der Waals surface area contributed by atoms with Gasteiger partial charge in [0.25, 0.3) is 5.69 Å². The SMILES string of the molecule is CCCCc1cc([N+](=O)[O-])ccc1C(N)=O. The van der Waals surface area contributed by atoms with E-state index in [1.165, 1.54) is 18.2 Å². The van der Waals surface area contributed by atoms with Crippen molar-refractivity contribution in [3.63, 3.8) is 0 Å². The first-order valence-corrected chi connectivity index (χ1v) is 5.13. The molecule has 0 saturated heterocycles. The summed E-state index contributed by atoms with van der Waals surface area (Å²) in [4.78, 5) is 21.2. The number of carbonyl (C=O) groups excluding carboxylic acids is 1. The number of benzene rings is 1. The van der Waals surface area contributed by atoms with Crippen LogP contribution in [-0.2, 0) is 6.42 Å². The fraction of sp³-hybridized carbons (Fsp3) is 0.364. The maximum atomic E-state index is 11.1. The van der Waals surface area contributed by atoms with E-state index in [0.717, 1.165) is 12.8 Å². The quantitative estimate of drug-likeness (QED) is 0.610. The van der Waals surface area contributed by atoms with Gasteiger partial charge in [-0.25, -0.2) is 0 Å². The lowest BCUT2D eigenvalue weighted by molar-refractivity contribution is -0.384. The summed E-state index contributed by atoms with van der Waals surface area (Å²) in [5.41, 5.74) is 6.23. The maximum Gasteiger partial charge on any atom is 0.269 e. The molecular formula is C11H14N2O3. The number of unbranched alkanes of at least 4 members (excludes halogenated alkanes) is 1. The van der Waals surface area contributed by atoms with Gasteiger partial charge >= 0.3 is 0 Å². The van der Waals surface area contributed by atoms with Crippen LogP contribution in [0, 0.1) is 10.1 Å². The first kappa shape index (κ1) is 12.2. The summed E-state index contributed by atoms with van der Waals surface area (Å²) >= 11 is 0. The van der Waals surface area contributed by atoms with Gasteiger partial charge in [-0.1, -0.05) is 13.3 Å². The van der Waals surface area contributed by atoms with E-state index in [4.69, 9.17) is 5.73 Å². The van der Waals surface area contributed by atoms with E-state index in [9.17, 15) is 14.9 Å². The summed E-state index contributed by atoms with van der Waals surface area (Å²) in [5.74, 6) is -0.541. The first-order valence-electron chi connectivity index (χ1n) is 5.13. The fourth-order valence-corrected chi connectivity index (χ4v) is 1.51. The highest BCUT2D eigenvalue weighted by Gasteiger charge is 2.13. The van der Waals surface area contributed by atoms with Crippen molar-refractivity contribution in [3.05, 3.63) is 39.4 Å². The van der Waals surface area contributed by atoms with Crippen LogP contribution in [-0.4, -0.2) is 10.8 Å². The molecule has 5 nitrogen and oxygen atoms in total. The van der Waals surface area contributed by atoms with Gasteiger partial charge in [0.15, 0.2) is 0 Å². The van der Waals surface area contributed by atoms with E-state index >= 15 is 0 Å². The van der Waals surface area contributed by atoms with Crippen LogP contribution >= 0.6 is 0 Å². The molecule has 0 aliphatic carbocycles. The van der Waals surface area contributed by atoms with E-state index in [2.05, 4.69) is 0 Å². The highest BCUT2D eigenvalue weighted by molar-refractivity contribution is 5.94. The molecule has 0 unspecified atom stereocenters. The van der Waals surface area contributed by atoms with Crippen molar-refractivity contribution >= 4 is 11.6 Å². The summed E-state index contributed by atoms with van der Waals surface area (Å²) in [5, 5.41) is 10.6. The smallest absolute Gasteiger partial charge is 0.269 e. The minimum Gasteiger partial charge on any atom is -0.366 e. The molecule has 0 spiro atoms. The minimum absolute atomic E-state index is 0.00361.